The van der Waals surface area contributed by atoms with Gasteiger partial charge in [-0.3, -0.25) is 9.69 Å². The highest BCUT2D eigenvalue weighted by atomic mass is 16.3. The average Bonchev–Trinajstić information content (AvgIpc) is 3.16. The van der Waals surface area contributed by atoms with Gasteiger partial charge in [-0.1, -0.05) is 0 Å². The fourth-order valence-electron chi connectivity index (χ4n) is 3.49. The third-order valence-electron chi connectivity index (χ3n) is 4.75. The van der Waals surface area contributed by atoms with E-state index in [1.165, 1.54) is 0 Å². The van der Waals surface area contributed by atoms with Crippen molar-refractivity contribution in [2.24, 2.45) is 0 Å². The van der Waals surface area contributed by atoms with Crippen LogP contribution < -0.4 is 0 Å². The Balaban J connectivity index is 1.43. The monoisotopic (exact) mass is 292 g/mol. The van der Waals surface area contributed by atoms with Crippen LogP contribution in [-0.4, -0.2) is 59.1 Å². The number of aryl methyl sites for hydroxylation is 1. The molecule has 5 nitrogen and oxygen atoms in total. The van der Waals surface area contributed by atoms with Crippen LogP contribution in [0.5, 0.6) is 0 Å². The number of rotatable bonds is 4. The zero-order valence-electron chi connectivity index (χ0n) is 12.4. The highest BCUT2D eigenvalue weighted by Crippen LogP contribution is 2.25. The molecule has 1 aliphatic carbocycles. The van der Waals surface area contributed by atoms with Crippen molar-refractivity contribution in [3.8, 4) is 0 Å². The third-order valence-corrected chi connectivity index (χ3v) is 4.75. The maximum atomic E-state index is 12.2. The number of amides is 1. The van der Waals surface area contributed by atoms with E-state index in [0.717, 1.165) is 51.2 Å². The summed E-state index contributed by atoms with van der Waals surface area (Å²) in [5.41, 5.74) is 0. The van der Waals surface area contributed by atoms with Gasteiger partial charge >= 0.3 is 0 Å². The molecule has 2 aliphatic rings. The van der Waals surface area contributed by atoms with E-state index in [4.69, 9.17) is 4.42 Å². The number of furan rings is 1. The Bertz CT molecular complexity index is 452. The lowest BCUT2D eigenvalue weighted by atomic mass is 10.1. The molecule has 1 aliphatic heterocycles. The smallest absolute Gasteiger partial charge is 0.223 e. The molecular formula is C16H24N2O3. The molecule has 2 fully saturated rings. The van der Waals surface area contributed by atoms with Crippen LogP contribution in [0.2, 0.25) is 0 Å². The molecule has 2 heterocycles. The molecule has 1 aromatic heterocycles. The lowest BCUT2D eigenvalue weighted by molar-refractivity contribution is -0.133. The minimum atomic E-state index is -0.175. The molecule has 5 heteroatoms. The SMILES string of the molecule is O=C(CCc1ccco1)N1CCN([C@@H]2CCC[C@@H]2O)CC1. The Labute approximate surface area is 125 Å². The van der Waals surface area contributed by atoms with Crippen LogP contribution in [-0.2, 0) is 11.2 Å². The molecule has 116 valence electrons. The lowest BCUT2D eigenvalue weighted by Crippen LogP contribution is -2.53. The van der Waals surface area contributed by atoms with Crippen LogP contribution in [0.4, 0.5) is 0 Å². The third kappa shape index (κ3) is 3.47. The van der Waals surface area contributed by atoms with E-state index in [1.807, 2.05) is 17.0 Å². The first-order valence-corrected chi connectivity index (χ1v) is 7.96. The second kappa shape index (κ2) is 6.62. The van der Waals surface area contributed by atoms with E-state index < -0.39 is 0 Å². The second-order valence-corrected chi connectivity index (χ2v) is 6.06. The number of hydrogen-bond acceptors (Lipinski definition) is 4. The molecule has 3 rings (SSSR count). The largest absolute Gasteiger partial charge is 0.469 e. The van der Waals surface area contributed by atoms with Gasteiger partial charge in [0.05, 0.1) is 12.4 Å². The Hall–Kier alpha value is -1.33. The summed E-state index contributed by atoms with van der Waals surface area (Å²) in [5, 5.41) is 9.97. The summed E-state index contributed by atoms with van der Waals surface area (Å²) in [6.45, 7) is 3.32. The predicted molar refractivity (Wildman–Crippen MR) is 78.8 cm³/mol. The van der Waals surface area contributed by atoms with Gasteiger partial charge < -0.3 is 14.4 Å². The number of carbonyl (C=O) groups excluding carboxylic acids is 1. The first-order chi connectivity index (χ1) is 10.2. The van der Waals surface area contributed by atoms with Gasteiger partial charge in [0.15, 0.2) is 0 Å². The maximum absolute atomic E-state index is 12.2. The van der Waals surface area contributed by atoms with Gasteiger partial charge in [-0.15, -0.1) is 0 Å². The lowest BCUT2D eigenvalue weighted by Gasteiger charge is -2.39. The summed E-state index contributed by atoms with van der Waals surface area (Å²) in [6.07, 6.45) is 5.79. The summed E-state index contributed by atoms with van der Waals surface area (Å²) in [7, 11) is 0. The van der Waals surface area contributed by atoms with E-state index in [1.54, 1.807) is 6.26 Å². The summed E-state index contributed by atoms with van der Waals surface area (Å²) in [5.74, 6) is 1.08. The minimum absolute atomic E-state index is 0.175. The van der Waals surface area contributed by atoms with Gasteiger partial charge in [0.2, 0.25) is 5.91 Å². The van der Waals surface area contributed by atoms with Crippen LogP contribution >= 0.6 is 0 Å². The molecule has 0 bridgehead atoms. The predicted octanol–water partition coefficient (Wildman–Crippen LogP) is 1.27. The number of aliphatic hydroxyl groups excluding tert-OH is 1. The number of nitrogens with zero attached hydrogens (tertiary/aromatic N) is 2. The number of piperazine rings is 1. The molecule has 0 aromatic carbocycles. The van der Waals surface area contributed by atoms with Gasteiger partial charge in [-0.2, -0.15) is 0 Å². The van der Waals surface area contributed by atoms with Crippen molar-refractivity contribution in [2.45, 2.75) is 44.2 Å². The van der Waals surface area contributed by atoms with E-state index in [-0.39, 0.29) is 12.0 Å². The molecular weight excluding hydrogens is 268 g/mol. The van der Waals surface area contributed by atoms with Crippen LogP contribution in [0.25, 0.3) is 0 Å². The topological polar surface area (TPSA) is 56.9 Å². The normalized spacial score (nSPS) is 27.2. The Morgan fingerprint density at radius 1 is 1.29 bits per heavy atom. The van der Waals surface area contributed by atoms with Crippen molar-refractivity contribution in [1.29, 1.82) is 0 Å². The molecule has 1 N–H and O–H groups in total. The van der Waals surface area contributed by atoms with Gasteiger partial charge in [-0.05, 0) is 31.4 Å². The molecule has 2 atom stereocenters. The quantitative estimate of drug-likeness (QED) is 0.908. The molecule has 1 amide bonds. The Morgan fingerprint density at radius 2 is 2.10 bits per heavy atom. The van der Waals surface area contributed by atoms with Crippen molar-refractivity contribution in [2.75, 3.05) is 26.2 Å². The summed E-state index contributed by atoms with van der Waals surface area (Å²) < 4.78 is 5.26. The van der Waals surface area contributed by atoms with Crippen molar-refractivity contribution in [3.63, 3.8) is 0 Å². The van der Waals surface area contributed by atoms with Crippen molar-refractivity contribution in [1.82, 2.24) is 9.80 Å². The standard InChI is InChI=1S/C16H24N2O3/c19-15-5-1-4-14(15)17-8-10-18(11-9-17)16(20)7-6-13-3-2-12-21-13/h2-3,12,14-15,19H,1,4-11H2/t14-,15+/m1/s1. The number of carbonyl (C=O) groups is 1. The maximum Gasteiger partial charge on any atom is 0.223 e. The first kappa shape index (κ1) is 14.6. The molecule has 0 radical (unpaired) electrons. The fourth-order valence-corrected chi connectivity index (χ4v) is 3.49. The minimum Gasteiger partial charge on any atom is -0.469 e. The highest BCUT2D eigenvalue weighted by Gasteiger charge is 2.33. The molecule has 0 unspecified atom stereocenters. The Kier molecular flexibility index (Phi) is 4.60. The van der Waals surface area contributed by atoms with Crippen molar-refractivity contribution < 1.29 is 14.3 Å². The fraction of sp³-hybridized carbons (Fsp3) is 0.688. The summed E-state index contributed by atoms with van der Waals surface area (Å²) in [4.78, 5) is 16.5. The van der Waals surface area contributed by atoms with Crippen molar-refractivity contribution in [3.05, 3.63) is 24.2 Å². The van der Waals surface area contributed by atoms with E-state index in [2.05, 4.69) is 4.90 Å². The summed E-state index contributed by atoms with van der Waals surface area (Å²) in [6, 6.07) is 4.07. The molecule has 1 saturated carbocycles. The second-order valence-electron chi connectivity index (χ2n) is 6.06. The molecule has 21 heavy (non-hydrogen) atoms. The van der Waals surface area contributed by atoms with Gasteiger partial charge in [0.25, 0.3) is 0 Å². The van der Waals surface area contributed by atoms with Crippen LogP contribution in [0.15, 0.2) is 22.8 Å². The van der Waals surface area contributed by atoms with E-state index >= 15 is 0 Å². The van der Waals surface area contributed by atoms with E-state index in [0.29, 0.717) is 18.9 Å². The zero-order valence-corrected chi connectivity index (χ0v) is 12.4. The molecule has 0 spiro atoms. The van der Waals surface area contributed by atoms with Crippen LogP contribution in [0.3, 0.4) is 0 Å². The van der Waals surface area contributed by atoms with Gasteiger partial charge in [0, 0.05) is 45.1 Å². The number of hydrogen-bond donors (Lipinski definition) is 1. The van der Waals surface area contributed by atoms with Crippen LogP contribution in [0, 0.1) is 0 Å². The van der Waals surface area contributed by atoms with Crippen molar-refractivity contribution >= 4 is 5.91 Å². The van der Waals surface area contributed by atoms with Gasteiger partial charge in [-0.25, -0.2) is 0 Å². The molecule has 1 saturated heterocycles. The number of aliphatic hydroxyl groups is 1. The first-order valence-electron chi connectivity index (χ1n) is 7.96. The average molecular weight is 292 g/mol. The van der Waals surface area contributed by atoms with Gasteiger partial charge in [0.1, 0.15) is 5.76 Å². The summed E-state index contributed by atoms with van der Waals surface area (Å²) >= 11 is 0. The van der Waals surface area contributed by atoms with E-state index in [9.17, 15) is 9.90 Å². The molecule has 1 aromatic rings. The Morgan fingerprint density at radius 3 is 2.71 bits per heavy atom. The van der Waals surface area contributed by atoms with Crippen LogP contribution in [0.1, 0.15) is 31.4 Å². The zero-order chi connectivity index (χ0) is 14.7. The highest BCUT2D eigenvalue weighted by molar-refractivity contribution is 5.76.